The molecule has 0 aliphatic rings. The highest BCUT2D eigenvalue weighted by molar-refractivity contribution is 7.99. The smallest absolute Gasteiger partial charge is 0.258 e. The van der Waals surface area contributed by atoms with E-state index in [0.717, 1.165) is 11.3 Å². The predicted molar refractivity (Wildman–Crippen MR) is 68.8 cm³/mol. The van der Waals surface area contributed by atoms with Crippen molar-refractivity contribution in [3.05, 3.63) is 39.9 Å². The Kier molecular flexibility index (Phi) is 4.80. The van der Waals surface area contributed by atoms with Crippen LogP contribution in [0.4, 0.5) is 5.69 Å². The number of nitro benzene ring substituents is 1. The van der Waals surface area contributed by atoms with Crippen molar-refractivity contribution in [2.24, 2.45) is 5.92 Å². The first-order valence-corrected chi connectivity index (χ1v) is 6.41. The number of hydrogen-bond acceptors (Lipinski definition) is 3. The van der Waals surface area contributed by atoms with Crippen LogP contribution in [0.25, 0.3) is 0 Å². The Morgan fingerprint density at radius 1 is 1.38 bits per heavy atom. The highest BCUT2D eigenvalue weighted by Crippen LogP contribution is 2.31. The summed E-state index contributed by atoms with van der Waals surface area (Å²) in [7, 11) is 0. The minimum Gasteiger partial charge on any atom is -0.258 e. The van der Waals surface area contributed by atoms with Crippen LogP contribution >= 0.6 is 11.8 Å². The maximum Gasteiger partial charge on any atom is 0.269 e. The Morgan fingerprint density at radius 3 is 2.62 bits per heavy atom. The maximum absolute atomic E-state index is 10.6. The van der Waals surface area contributed by atoms with Crippen LogP contribution in [0.15, 0.2) is 24.3 Å². The quantitative estimate of drug-likeness (QED) is 0.575. The first-order chi connectivity index (χ1) is 7.50. The molecule has 0 heterocycles. The molecule has 0 aliphatic carbocycles. The molecular weight excluding hydrogens is 222 g/mol. The van der Waals surface area contributed by atoms with E-state index in [2.05, 4.69) is 20.8 Å². The van der Waals surface area contributed by atoms with Gasteiger partial charge in [-0.05, 0) is 24.2 Å². The second-order valence-corrected chi connectivity index (χ2v) is 5.60. The average molecular weight is 239 g/mol. The molecule has 4 heteroatoms. The zero-order chi connectivity index (χ0) is 12.1. The molecule has 0 bridgehead atoms. The summed E-state index contributed by atoms with van der Waals surface area (Å²) in [6, 6.07) is 6.90. The van der Waals surface area contributed by atoms with Gasteiger partial charge >= 0.3 is 0 Å². The third kappa shape index (κ3) is 3.85. The summed E-state index contributed by atoms with van der Waals surface area (Å²) < 4.78 is 0. The first kappa shape index (κ1) is 13.0. The van der Waals surface area contributed by atoms with Crippen molar-refractivity contribution in [1.29, 1.82) is 0 Å². The molecule has 0 N–H and O–H groups in total. The molecule has 1 atom stereocenters. The lowest BCUT2D eigenvalue weighted by Crippen LogP contribution is -1.96. The van der Waals surface area contributed by atoms with Crippen LogP contribution in [-0.4, -0.2) is 10.7 Å². The van der Waals surface area contributed by atoms with E-state index in [1.807, 2.05) is 17.8 Å². The molecule has 0 aromatic heterocycles. The molecule has 0 radical (unpaired) electrons. The van der Waals surface area contributed by atoms with Crippen molar-refractivity contribution in [2.45, 2.75) is 26.0 Å². The van der Waals surface area contributed by atoms with Crippen LogP contribution in [0.2, 0.25) is 0 Å². The van der Waals surface area contributed by atoms with Crippen LogP contribution in [0.1, 0.15) is 31.6 Å². The maximum atomic E-state index is 10.6. The summed E-state index contributed by atoms with van der Waals surface area (Å²) in [5.74, 6) is 1.72. The lowest BCUT2D eigenvalue weighted by atomic mass is 10.1. The average Bonchev–Trinajstić information content (AvgIpc) is 2.26. The molecule has 1 aromatic carbocycles. The van der Waals surface area contributed by atoms with E-state index in [9.17, 15) is 10.1 Å². The monoisotopic (exact) mass is 239 g/mol. The van der Waals surface area contributed by atoms with Gasteiger partial charge in [-0.1, -0.05) is 26.0 Å². The van der Waals surface area contributed by atoms with Crippen molar-refractivity contribution in [3.8, 4) is 0 Å². The van der Waals surface area contributed by atoms with Gasteiger partial charge in [0.1, 0.15) is 0 Å². The fourth-order valence-electron chi connectivity index (χ4n) is 1.32. The number of hydrogen-bond donors (Lipinski definition) is 0. The summed E-state index contributed by atoms with van der Waals surface area (Å²) in [6.07, 6.45) is 0. The summed E-state index contributed by atoms with van der Waals surface area (Å²) in [4.78, 5) is 10.3. The summed E-state index contributed by atoms with van der Waals surface area (Å²) >= 11 is 1.84. The van der Waals surface area contributed by atoms with Crippen molar-refractivity contribution in [3.63, 3.8) is 0 Å². The third-order valence-electron chi connectivity index (χ3n) is 2.23. The topological polar surface area (TPSA) is 43.1 Å². The molecule has 1 unspecified atom stereocenters. The van der Waals surface area contributed by atoms with Gasteiger partial charge in [0.05, 0.1) is 4.92 Å². The summed E-state index contributed by atoms with van der Waals surface area (Å²) in [5.41, 5.74) is 1.20. The predicted octanol–water partition coefficient (Wildman–Crippen LogP) is 4.05. The Labute approximate surface area is 100 Å². The van der Waals surface area contributed by atoms with Gasteiger partial charge in [0.2, 0.25) is 0 Å². The van der Waals surface area contributed by atoms with Gasteiger partial charge in [-0.2, -0.15) is 11.8 Å². The van der Waals surface area contributed by atoms with E-state index in [1.54, 1.807) is 12.1 Å². The second kappa shape index (κ2) is 5.89. The number of nitro groups is 1. The zero-order valence-electron chi connectivity index (χ0n) is 9.84. The number of rotatable bonds is 5. The molecule has 16 heavy (non-hydrogen) atoms. The molecular formula is C12H17NO2S. The van der Waals surface area contributed by atoms with E-state index >= 15 is 0 Å². The molecule has 0 saturated carbocycles. The number of thioether (sulfide) groups is 1. The lowest BCUT2D eigenvalue weighted by Gasteiger charge is -2.12. The summed E-state index contributed by atoms with van der Waals surface area (Å²) in [5, 5.41) is 10.9. The van der Waals surface area contributed by atoms with Crippen LogP contribution in [-0.2, 0) is 0 Å². The first-order valence-electron chi connectivity index (χ1n) is 5.36. The SMILES string of the molecule is CC(C)CSC(C)c1cccc([N+](=O)[O-])c1. The Hall–Kier alpha value is -1.03. The van der Waals surface area contributed by atoms with Gasteiger partial charge in [-0.15, -0.1) is 0 Å². The highest BCUT2D eigenvalue weighted by Gasteiger charge is 2.11. The van der Waals surface area contributed by atoms with E-state index in [0.29, 0.717) is 11.2 Å². The van der Waals surface area contributed by atoms with Crippen molar-refractivity contribution in [1.82, 2.24) is 0 Å². The number of benzene rings is 1. The minimum absolute atomic E-state index is 0.175. The normalized spacial score (nSPS) is 12.8. The van der Waals surface area contributed by atoms with Gasteiger partial charge in [0, 0.05) is 17.4 Å². The highest BCUT2D eigenvalue weighted by atomic mass is 32.2. The van der Waals surface area contributed by atoms with Crippen molar-refractivity contribution >= 4 is 17.4 Å². The molecule has 88 valence electrons. The number of nitrogens with zero attached hydrogens (tertiary/aromatic N) is 1. The number of non-ortho nitro benzene ring substituents is 1. The lowest BCUT2D eigenvalue weighted by molar-refractivity contribution is -0.384. The van der Waals surface area contributed by atoms with E-state index in [-0.39, 0.29) is 10.6 Å². The Morgan fingerprint density at radius 2 is 2.06 bits per heavy atom. The standard InChI is InChI=1S/C12H17NO2S/c1-9(2)8-16-10(3)11-5-4-6-12(7-11)13(14)15/h4-7,9-10H,8H2,1-3H3. The van der Waals surface area contributed by atoms with E-state index in [4.69, 9.17) is 0 Å². The van der Waals surface area contributed by atoms with Crippen molar-refractivity contribution < 1.29 is 4.92 Å². The largest absolute Gasteiger partial charge is 0.269 e. The Bertz CT molecular complexity index is 366. The molecule has 1 aromatic rings. The van der Waals surface area contributed by atoms with Gasteiger partial charge in [0.25, 0.3) is 5.69 Å². The fraction of sp³-hybridized carbons (Fsp3) is 0.500. The fourth-order valence-corrected chi connectivity index (χ4v) is 2.34. The third-order valence-corrected chi connectivity index (χ3v) is 3.86. The van der Waals surface area contributed by atoms with E-state index < -0.39 is 0 Å². The molecule has 1 rings (SSSR count). The molecule has 0 spiro atoms. The molecule has 0 saturated heterocycles. The van der Waals surface area contributed by atoms with Crippen molar-refractivity contribution in [2.75, 3.05) is 5.75 Å². The van der Waals surface area contributed by atoms with Gasteiger partial charge < -0.3 is 0 Å². The molecule has 3 nitrogen and oxygen atoms in total. The van der Waals surface area contributed by atoms with Gasteiger partial charge in [0.15, 0.2) is 0 Å². The molecule has 0 aliphatic heterocycles. The van der Waals surface area contributed by atoms with Crippen LogP contribution < -0.4 is 0 Å². The van der Waals surface area contributed by atoms with Crippen LogP contribution in [0.5, 0.6) is 0 Å². The van der Waals surface area contributed by atoms with Gasteiger partial charge in [-0.3, -0.25) is 10.1 Å². The van der Waals surface area contributed by atoms with Gasteiger partial charge in [-0.25, -0.2) is 0 Å². The van der Waals surface area contributed by atoms with E-state index in [1.165, 1.54) is 6.07 Å². The Balaban J connectivity index is 2.71. The molecule has 0 amide bonds. The van der Waals surface area contributed by atoms with Crippen LogP contribution in [0.3, 0.4) is 0 Å². The summed E-state index contributed by atoms with van der Waals surface area (Å²) in [6.45, 7) is 6.44. The minimum atomic E-state index is -0.344. The second-order valence-electron chi connectivity index (χ2n) is 4.22. The van der Waals surface area contributed by atoms with Crippen LogP contribution in [0, 0.1) is 16.0 Å². The zero-order valence-corrected chi connectivity index (χ0v) is 10.7. The molecule has 0 fully saturated rings.